The van der Waals surface area contributed by atoms with Crippen molar-refractivity contribution in [3.8, 4) is 0 Å². The summed E-state index contributed by atoms with van der Waals surface area (Å²) >= 11 is 0. The summed E-state index contributed by atoms with van der Waals surface area (Å²) in [5.41, 5.74) is 2.59. The van der Waals surface area contributed by atoms with Crippen LogP contribution in [0.4, 0.5) is 5.69 Å². The van der Waals surface area contributed by atoms with Crippen molar-refractivity contribution in [3.63, 3.8) is 0 Å². The zero-order valence-corrected chi connectivity index (χ0v) is 8.84. The zero-order chi connectivity index (χ0) is 11.0. The number of fused-ring (bicyclic) bond motifs is 1. The molecule has 2 aromatic rings. The largest absolute Gasteiger partial charge is 0.381 e. The van der Waals surface area contributed by atoms with Crippen LogP contribution in [0.15, 0.2) is 23.0 Å². The van der Waals surface area contributed by atoms with Gasteiger partial charge in [-0.25, -0.2) is 4.79 Å². The first-order valence-electron chi connectivity index (χ1n) is 5.50. The van der Waals surface area contributed by atoms with E-state index in [0.29, 0.717) is 6.04 Å². The quantitative estimate of drug-likeness (QED) is 0.597. The van der Waals surface area contributed by atoms with E-state index in [1.54, 1.807) is 0 Å². The molecule has 1 unspecified atom stereocenters. The lowest BCUT2D eigenvalue weighted by Gasteiger charge is -2.12. The Morgan fingerprint density at radius 3 is 2.94 bits per heavy atom. The van der Waals surface area contributed by atoms with E-state index in [2.05, 4.69) is 20.6 Å². The van der Waals surface area contributed by atoms with Crippen molar-refractivity contribution in [3.05, 3.63) is 28.7 Å². The van der Waals surface area contributed by atoms with E-state index in [1.165, 1.54) is 0 Å². The van der Waals surface area contributed by atoms with Crippen molar-refractivity contribution >= 4 is 16.7 Å². The topological polar surface area (TPSA) is 72.7 Å². The maximum atomic E-state index is 11.1. The van der Waals surface area contributed by atoms with E-state index in [9.17, 15) is 4.79 Å². The third-order valence-electron chi connectivity index (χ3n) is 2.95. The van der Waals surface area contributed by atoms with Crippen LogP contribution < -0.4 is 16.3 Å². The van der Waals surface area contributed by atoms with Crippen LogP contribution in [0.3, 0.4) is 0 Å². The smallest absolute Gasteiger partial charge is 0.323 e. The number of hydrogen-bond donors (Lipinski definition) is 4. The van der Waals surface area contributed by atoms with Gasteiger partial charge in [0.2, 0.25) is 0 Å². The van der Waals surface area contributed by atoms with Gasteiger partial charge >= 0.3 is 5.69 Å². The second kappa shape index (κ2) is 3.68. The second-order valence-electron chi connectivity index (χ2n) is 4.17. The molecule has 84 valence electrons. The summed E-state index contributed by atoms with van der Waals surface area (Å²) in [4.78, 5) is 16.6. The van der Waals surface area contributed by atoms with Crippen molar-refractivity contribution < 1.29 is 0 Å². The molecule has 1 aliphatic rings. The van der Waals surface area contributed by atoms with Crippen LogP contribution in [0.25, 0.3) is 11.0 Å². The summed E-state index contributed by atoms with van der Waals surface area (Å²) in [6.07, 6.45) is 1.14. The van der Waals surface area contributed by atoms with E-state index in [0.717, 1.165) is 36.2 Å². The van der Waals surface area contributed by atoms with Gasteiger partial charge in [0.15, 0.2) is 0 Å². The molecule has 1 aromatic heterocycles. The van der Waals surface area contributed by atoms with E-state index in [4.69, 9.17) is 0 Å². The van der Waals surface area contributed by atoms with Gasteiger partial charge in [-0.1, -0.05) is 0 Å². The highest BCUT2D eigenvalue weighted by molar-refractivity contribution is 5.78. The van der Waals surface area contributed by atoms with E-state index >= 15 is 0 Å². The van der Waals surface area contributed by atoms with Crippen molar-refractivity contribution in [2.24, 2.45) is 0 Å². The Kier molecular flexibility index (Phi) is 2.18. The van der Waals surface area contributed by atoms with E-state index < -0.39 is 0 Å². The van der Waals surface area contributed by atoms with Gasteiger partial charge in [-0.15, -0.1) is 0 Å². The van der Waals surface area contributed by atoms with Crippen LogP contribution in [0.1, 0.15) is 6.42 Å². The average molecular weight is 218 g/mol. The van der Waals surface area contributed by atoms with Crippen LogP contribution >= 0.6 is 0 Å². The van der Waals surface area contributed by atoms with Gasteiger partial charge in [-0.2, -0.15) is 0 Å². The highest BCUT2D eigenvalue weighted by Crippen LogP contribution is 2.16. The van der Waals surface area contributed by atoms with Gasteiger partial charge < -0.3 is 20.6 Å². The number of H-pyrrole nitrogens is 2. The molecule has 3 rings (SSSR count). The minimum Gasteiger partial charge on any atom is -0.381 e. The maximum absolute atomic E-state index is 11.1. The molecule has 0 bridgehead atoms. The molecule has 4 N–H and O–H groups in total. The Morgan fingerprint density at radius 1 is 1.25 bits per heavy atom. The fraction of sp³-hybridized carbons (Fsp3) is 0.364. The molecule has 1 saturated heterocycles. The van der Waals surface area contributed by atoms with Crippen LogP contribution in [0.2, 0.25) is 0 Å². The second-order valence-corrected chi connectivity index (χ2v) is 4.17. The van der Waals surface area contributed by atoms with Crippen LogP contribution in [-0.2, 0) is 0 Å². The van der Waals surface area contributed by atoms with Crippen LogP contribution in [0, 0.1) is 0 Å². The summed E-state index contributed by atoms with van der Waals surface area (Å²) in [6.45, 7) is 2.07. The Balaban J connectivity index is 1.89. The minimum absolute atomic E-state index is 0.158. The monoisotopic (exact) mass is 218 g/mol. The molecule has 2 heterocycles. The van der Waals surface area contributed by atoms with E-state index in [1.807, 2.05) is 18.2 Å². The molecule has 1 fully saturated rings. The molecule has 0 saturated carbocycles. The van der Waals surface area contributed by atoms with Gasteiger partial charge in [0, 0.05) is 18.3 Å². The first-order valence-corrected chi connectivity index (χ1v) is 5.50. The molecule has 0 aliphatic carbocycles. The van der Waals surface area contributed by atoms with Gasteiger partial charge in [0.05, 0.1) is 11.0 Å². The van der Waals surface area contributed by atoms with Gasteiger partial charge in [-0.05, 0) is 31.2 Å². The molecule has 16 heavy (non-hydrogen) atoms. The molecule has 0 radical (unpaired) electrons. The molecule has 1 aromatic carbocycles. The third-order valence-corrected chi connectivity index (χ3v) is 2.95. The lowest BCUT2D eigenvalue weighted by molar-refractivity contribution is 0.793. The Bertz CT molecular complexity index is 550. The predicted octanol–water partition coefficient (Wildman–Crippen LogP) is 0.630. The number of rotatable bonds is 2. The Labute approximate surface area is 92.3 Å². The highest BCUT2D eigenvalue weighted by Gasteiger charge is 2.13. The Morgan fingerprint density at radius 2 is 2.12 bits per heavy atom. The van der Waals surface area contributed by atoms with Crippen molar-refractivity contribution in [1.82, 2.24) is 15.3 Å². The molecule has 5 heteroatoms. The molecular formula is C11H14N4O. The number of benzene rings is 1. The SMILES string of the molecule is O=c1[nH]c2ccc(NC3CCNC3)cc2[nH]1. The number of aromatic amines is 2. The fourth-order valence-corrected chi connectivity index (χ4v) is 2.14. The molecule has 0 spiro atoms. The summed E-state index contributed by atoms with van der Waals surface area (Å²) in [5.74, 6) is 0. The number of aromatic nitrogens is 2. The minimum atomic E-state index is -0.158. The van der Waals surface area contributed by atoms with Crippen molar-refractivity contribution in [2.75, 3.05) is 18.4 Å². The first kappa shape index (κ1) is 9.47. The van der Waals surface area contributed by atoms with Crippen LogP contribution in [0.5, 0.6) is 0 Å². The van der Waals surface area contributed by atoms with Crippen molar-refractivity contribution in [2.45, 2.75) is 12.5 Å². The summed E-state index contributed by atoms with van der Waals surface area (Å²) in [5, 5.41) is 6.75. The fourth-order valence-electron chi connectivity index (χ4n) is 2.14. The van der Waals surface area contributed by atoms with Crippen LogP contribution in [-0.4, -0.2) is 29.1 Å². The lowest BCUT2D eigenvalue weighted by Crippen LogP contribution is -2.21. The lowest BCUT2D eigenvalue weighted by atomic mass is 10.2. The molecule has 1 aliphatic heterocycles. The number of nitrogens with one attached hydrogen (secondary N) is 4. The molecular weight excluding hydrogens is 204 g/mol. The summed E-state index contributed by atoms with van der Waals surface area (Å²) < 4.78 is 0. The maximum Gasteiger partial charge on any atom is 0.323 e. The summed E-state index contributed by atoms with van der Waals surface area (Å²) in [7, 11) is 0. The molecule has 5 nitrogen and oxygen atoms in total. The van der Waals surface area contributed by atoms with Gasteiger partial charge in [0.25, 0.3) is 0 Å². The first-order chi connectivity index (χ1) is 7.81. The normalized spacial score (nSPS) is 20.4. The predicted molar refractivity (Wildman–Crippen MR) is 63.8 cm³/mol. The van der Waals surface area contributed by atoms with Gasteiger partial charge in [-0.3, -0.25) is 0 Å². The average Bonchev–Trinajstić information content (AvgIpc) is 2.85. The number of anilines is 1. The van der Waals surface area contributed by atoms with E-state index in [-0.39, 0.29) is 5.69 Å². The number of hydrogen-bond acceptors (Lipinski definition) is 3. The third kappa shape index (κ3) is 1.69. The van der Waals surface area contributed by atoms with Gasteiger partial charge in [0.1, 0.15) is 0 Å². The van der Waals surface area contributed by atoms with Crippen molar-refractivity contribution in [1.29, 1.82) is 0 Å². The highest BCUT2D eigenvalue weighted by atomic mass is 16.1. The summed E-state index contributed by atoms with van der Waals surface area (Å²) in [6, 6.07) is 6.36. The molecule has 1 atom stereocenters. The standard InChI is InChI=1S/C11H14N4O/c16-11-14-9-2-1-7(5-10(9)15-11)13-8-3-4-12-6-8/h1-2,5,8,12-13H,3-4,6H2,(H2,14,15,16). The molecule has 0 amide bonds. The number of imidazole rings is 1. The Hall–Kier alpha value is -1.75. The zero-order valence-electron chi connectivity index (χ0n) is 8.84.